The number of pyridine rings is 1. The lowest BCUT2D eigenvalue weighted by Gasteiger charge is -2.09. The first kappa shape index (κ1) is 13.5. The van der Waals surface area contributed by atoms with Gasteiger partial charge in [-0.2, -0.15) is 5.10 Å². The van der Waals surface area contributed by atoms with E-state index in [2.05, 4.69) is 52.5 Å². The van der Waals surface area contributed by atoms with Crippen LogP contribution in [0.15, 0.2) is 67.1 Å². The summed E-state index contributed by atoms with van der Waals surface area (Å²) in [6, 6.07) is 16.6. The molecule has 4 rings (SSSR count). The topological polar surface area (TPSA) is 56.7 Å². The maximum atomic E-state index is 6.06. The van der Waals surface area contributed by atoms with Gasteiger partial charge in [0, 0.05) is 24.2 Å². The summed E-state index contributed by atoms with van der Waals surface area (Å²) in [5.41, 5.74) is 12.3. The van der Waals surface area contributed by atoms with Crippen molar-refractivity contribution < 1.29 is 0 Å². The average Bonchev–Trinajstić information content (AvgIpc) is 2.97. The van der Waals surface area contributed by atoms with Gasteiger partial charge in [-0.05, 0) is 34.9 Å². The molecule has 4 heteroatoms. The van der Waals surface area contributed by atoms with Crippen molar-refractivity contribution in [3.8, 4) is 22.3 Å². The van der Waals surface area contributed by atoms with Crippen molar-refractivity contribution in [3.63, 3.8) is 0 Å². The van der Waals surface area contributed by atoms with Gasteiger partial charge >= 0.3 is 0 Å². The first-order valence-corrected chi connectivity index (χ1v) is 7.45. The fraction of sp³-hybridized carbons (Fsp3) is 0.0526. The predicted octanol–water partition coefficient (Wildman–Crippen LogP) is 3.88. The highest BCUT2D eigenvalue weighted by Gasteiger charge is 2.09. The number of rotatable bonds is 2. The minimum atomic E-state index is 0.684. The molecule has 0 atom stereocenters. The quantitative estimate of drug-likeness (QED) is 0.611. The molecule has 112 valence electrons. The van der Waals surface area contributed by atoms with E-state index in [-0.39, 0.29) is 0 Å². The van der Waals surface area contributed by atoms with Crippen LogP contribution in [-0.2, 0) is 7.05 Å². The summed E-state index contributed by atoms with van der Waals surface area (Å²) in [7, 11) is 1.96. The van der Waals surface area contributed by atoms with E-state index in [0.717, 1.165) is 27.6 Å². The van der Waals surface area contributed by atoms with E-state index in [1.165, 1.54) is 5.56 Å². The second-order valence-corrected chi connectivity index (χ2v) is 5.55. The van der Waals surface area contributed by atoms with Crippen molar-refractivity contribution >= 4 is 16.6 Å². The van der Waals surface area contributed by atoms with Crippen molar-refractivity contribution in [2.45, 2.75) is 0 Å². The molecule has 0 aliphatic rings. The van der Waals surface area contributed by atoms with Gasteiger partial charge in [0.05, 0.1) is 23.6 Å². The highest BCUT2D eigenvalue weighted by molar-refractivity contribution is 5.95. The Morgan fingerprint density at radius 1 is 0.913 bits per heavy atom. The third-order valence-corrected chi connectivity index (χ3v) is 4.13. The zero-order valence-corrected chi connectivity index (χ0v) is 12.8. The van der Waals surface area contributed by atoms with Gasteiger partial charge in [0.15, 0.2) is 0 Å². The first-order valence-electron chi connectivity index (χ1n) is 7.45. The van der Waals surface area contributed by atoms with Crippen LogP contribution in [0.4, 0.5) is 5.69 Å². The maximum absolute atomic E-state index is 6.06. The molecular weight excluding hydrogens is 284 g/mol. The Labute approximate surface area is 134 Å². The van der Waals surface area contributed by atoms with Crippen molar-refractivity contribution in [3.05, 3.63) is 67.1 Å². The molecule has 23 heavy (non-hydrogen) atoms. The maximum Gasteiger partial charge on any atom is 0.0685 e. The normalized spacial score (nSPS) is 11.0. The van der Waals surface area contributed by atoms with Crippen LogP contribution in [0.2, 0.25) is 0 Å². The van der Waals surface area contributed by atoms with E-state index in [0.29, 0.717) is 5.69 Å². The van der Waals surface area contributed by atoms with E-state index in [4.69, 9.17) is 5.73 Å². The second-order valence-electron chi connectivity index (χ2n) is 5.55. The van der Waals surface area contributed by atoms with Gasteiger partial charge in [0.25, 0.3) is 0 Å². The largest absolute Gasteiger partial charge is 0.397 e. The molecule has 2 aromatic heterocycles. The van der Waals surface area contributed by atoms with E-state index in [1.807, 2.05) is 24.0 Å². The zero-order valence-electron chi connectivity index (χ0n) is 12.8. The minimum absolute atomic E-state index is 0.684. The number of fused-ring (bicyclic) bond motifs is 1. The molecule has 2 aromatic carbocycles. The highest BCUT2D eigenvalue weighted by Crippen LogP contribution is 2.32. The van der Waals surface area contributed by atoms with Crippen LogP contribution in [0, 0.1) is 0 Å². The van der Waals surface area contributed by atoms with Crippen LogP contribution < -0.4 is 5.73 Å². The number of nitrogens with two attached hydrogens (primary N) is 1. The third kappa shape index (κ3) is 2.25. The summed E-state index contributed by atoms with van der Waals surface area (Å²) in [6.07, 6.45) is 5.36. The number of anilines is 1. The first-order chi connectivity index (χ1) is 11.2. The van der Waals surface area contributed by atoms with Gasteiger partial charge in [0.2, 0.25) is 0 Å². The highest BCUT2D eigenvalue weighted by atomic mass is 15.2. The van der Waals surface area contributed by atoms with Gasteiger partial charge < -0.3 is 5.73 Å². The third-order valence-electron chi connectivity index (χ3n) is 4.13. The van der Waals surface area contributed by atoms with Gasteiger partial charge in [-0.1, -0.05) is 30.3 Å². The Kier molecular flexibility index (Phi) is 3.08. The standard InChI is InChI=1S/C19H16N4/c1-23-19-7-3-6-15(17(19)11-22-23)13-4-2-5-14(10-13)16-8-9-21-12-18(16)20/h2-12H,20H2,1H3. The molecule has 0 spiro atoms. The Balaban J connectivity index is 1.90. The molecule has 0 saturated carbocycles. The van der Waals surface area contributed by atoms with Gasteiger partial charge in [0.1, 0.15) is 0 Å². The van der Waals surface area contributed by atoms with Crippen LogP contribution >= 0.6 is 0 Å². The lowest BCUT2D eigenvalue weighted by Crippen LogP contribution is -1.91. The summed E-state index contributed by atoms with van der Waals surface area (Å²) in [4.78, 5) is 4.06. The van der Waals surface area contributed by atoms with Crippen molar-refractivity contribution in [2.75, 3.05) is 5.73 Å². The minimum Gasteiger partial charge on any atom is -0.397 e. The number of nitrogens with zero attached hydrogens (tertiary/aromatic N) is 3. The molecule has 2 heterocycles. The lowest BCUT2D eigenvalue weighted by atomic mass is 9.97. The summed E-state index contributed by atoms with van der Waals surface area (Å²) in [5.74, 6) is 0. The van der Waals surface area contributed by atoms with Crippen molar-refractivity contribution in [1.82, 2.24) is 14.8 Å². The monoisotopic (exact) mass is 300 g/mol. The molecule has 0 fully saturated rings. The molecule has 0 aliphatic carbocycles. The lowest BCUT2D eigenvalue weighted by molar-refractivity contribution is 0.797. The predicted molar refractivity (Wildman–Crippen MR) is 93.8 cm³/mol. The van der Waals surface area contributed by atoms with E-state index in [9.17, 15) is 0 Å². The fourth-order valence-corrected chi connectivity index (χ4v) is 2.95. The summed E-state index contributed by atoms with van der Waals surface area (Å²) in [5, 5.41) is 5.51. The number of aromatic nitrogens is 3. The SMILES string of the molecule is Cn1ncc2c(-c3cccc(-c4ccncc4N)c3)cccc21. The number of benzene rings is 2. The Morgan fingerprint density at radius 3 is 2.52 bits per heavy atom. The molecule has 0 aliphatic heterocycles. The summed E-state index contributed by atoms with van der Waals surface area (Å²) >= 11 is 0. The molecule has 0 amide bonds. The van der Waals surface area contributed by atoms with Gasteiger partial charge in [-0.15, -0.1) is 0 Å². The molecule has 0 radical (unpaired) electrons. The molecule has 0 unspecified atom stereocenters. The van der Waals surface area contributed by atoms with Crippen molar-refractivity contribution in [2.24, 2.45) is 7.05 Å². The second kappa shape index (κ2) is 5.25. The van der Waals surface area contributed by atoms with Crippen LogP contribution in [-0.4, -0.2) is 14.8 Å². The van der Waals surface area contributed by atoms with Gasteiger partial charge in [-0.25, -0.2) is 0 Å². The van der Waals surface area contributed by atoms with E-state index < -0.39 is 0 Å². The number of nitrogen functional groups attached to an aromatic ring is 1. The van der Waals surface area contributed by atoms with Crippen LogP contribution in [0.1, 0.15) is 0 Å². The Bertz CT molecular complexity index is 1000. The molecule has 0 saturated heterocycles. The molecule has 2 N–H and O–H groups in total. The number of hydrogen-bond acceptors (Lipinski definition) is 3. The Hall–Kier alpha value is -3.14. The summed E-state index contributed by atoms with van der Waals surface area (Å²) in [6.45, 7) is 0. The van der Waals surface area contributed by atoms with Crippen LogP contribution in [0.25, 0.3) is 33.2 Å². The smallest absolute Gasteiger partial charge is 0.0685 e. The molecule has 4 aromatic rings. The fourth-order valence-electron chi connectivity index (χ4n) is 2.95. The zero-order chi connectivity index (χ0) is 15.8. The van der Waals surface area contributed by atoms with Gasteiger partial charge in [-0.3, -0.25) is 9.67 Å². The number of aryl methyl sites for hydroxylation is 1. The molecule has 4 nitrogen and oxygen atoms in total. The number of hydrogen-bond donors (Lipinski definition) is 1. The van der Waals surface area contributed by atoms with Crippen molar-refractivity contribution in [1.29, 1.82) is 0 Å². The van der Waals surface area contributed by atoms with E-state index in [1.54, 1.807) is 12.4 Å². The summed E-state index contributed by atoms with van der Waals surface area (Å²) < 4.78 is 1.89. The van der Waals surface area contributed by atoms with Crippen LogP contribution in [0.5, 0.6) is 0 Å². The Morgan fingerprint density at radius 2 is 1.70 bits per heavy atom. The average molecular weight is 300 g/mol. The van der Waals surface area contributed by atoms with E-state index >= 15 is 0 Å². The van der Waals surface area contributed by atoms with Crippen LogP contribution in [0.3, 0.4) is 0 Å². The molecular formula is C19H16N4. The molecule has 0 bridgehead atoms.